The Kier molecular flexibility index (Phi) is 5.83. The molecule has 2 rings (SSSR count). The molecule has 2 aromatic rings. The maximum absolute atomic E-state index is 12.3. The lowest BCUT2D eigenvalue weighted by Gasteiger charge is -2.12. The van der Waals surface area contributed by atoms with Gasteiger partial charge in [-0.15, -0.1) is 0 Å². The quantitative estimate of drug-likeness (QED) is 0.760. The highest BCUT2D eigenvalue weighted by Gasteiger charge is 2.10. The molecular weight excluding hydrogens is 318 g/mol. The van der Waals surface area contributed by atoms with Gasteiger partial charge in [-0.1, -0.05) is 12.1 Å². The second-order valence-corrected chi connectivity index (χ2v) is 4.91. The highest BCUT2D eigenvalue weighted by Crippen LogP contribution is 2.25. The zero-order chi connectivity index (χ0) is 17.5. The third-order valence-electron chi connectivity index (χ3n) is 3.12. The van der Waals surface area contributed by atoms with Crippen molar-refractivity contribution in [2.45, 2.75) is 13.5 Å². The fraction of sp³-hybridized carbons (Fsp3) is 0.176. The minimum absolute atomic E-state index is 0.0360. The molecule has 2 aromatic carbocycles. The smallest absolute Gasteiger partial charge is 0.387 e. The van der Waals surface area contributed by atoms with E-state index >= 15 is 0 Å². The van der Waals surface area contributed by atoms with Gasteiger partial charge in [0.05, 0.1) is 12.2 Å². The summed E-state index contributed by atoms with van der Waals surface area (Å²) in [4.78, 5) is 23.1. The van der Waals surface area contributed by atoms with Gasteiger partial charge in [0.2, 0.25) is 5.91 Å². The Hall–Kier alpha value is -2.96. The fourth-order valence-corrected chi connectivity index (χ4v) is 1.98. The molecule has 0 aromatic heterocycles. The summed E-state index contributed by atoms with van der Waals surface area (Å²) in [6.07, 6.45) is 0. The van der Waals surface area contributed by atoms with Gasteiger partial charge >= 0.3 is 6.61 Å². The van der Waals surface area contributed by atoms with Crippen LogP contribution in [0.15, 0.2) is 48.5 Å². The lowest BCUT2D eigenvalue weighted by molar-refractivity contribution is -0.114. The van der Waals surface area contributed by atoms with Crippen molar-refractivity contribution in [1.82, 2.24) is 0 Å². The third kappa shape index (κ3) is 5.05. The molecule has 0 aliphatic carbocycles. The first-order valence-electron chi connectivity index (χ1n) is 7.14. The number of benzene rings is 2. The van der Waals surface area contributed by atoms with Crippen LogP contribution in [-0.2, 0) is 4.79 Å². The van der Waals surface area contributed by atoms with Crippen molar-refractivity contribution in [2.75, 3.05) is 17.2 Å². The summed E-state index contributed by atoms with van der Waals surface area (Å²) in [5.41, 5.74) is 1.37. The van der Waals surface area contributed by atoms with Crippen molar-refractivity contribution in [2.24, 2.45) is 0 Å². The second kappa shape index (κ2) is 8.05. The molecule has 7 heteroatoms. The average Bonchev–Trinajstić information content (AvgIpc) is 2.54. The van der Waals surface area contributed by atoms with Crippen molar-refractivity contribution in [3.63, 3.8) is 0 Å². The number of alkyl halides is 2. The molecule has 24 heavy (non-hydrogen) atoms. The van der Waals surface area contributed by atoms with Gasteiger partial charge in [0.15, 0.2) is 5.78 Å². The summed E-state index contributed by atoms with van der Waals surface area (Å²) in [6, 6.07) is 12.6. The lowest BCUT2D eigenvalue weighted by Crippen LogP contribution is -2.22. The Morgan fingerprint density at radius 1 is 1.08 bits per heavy atom. The van der Waals surface area contributed by atoms with Crippen LogP contribution in [0, 0.1) is 0 Å². The van der Waals surface area contributed by atoms with Crippen LogP contribution in [0.2, 0.25) is 0 Å². The van der Waals surface area contributed by atoms with E-state index in [1.807, 2.05) is 0 Å². The van der Waals surface area contributed by atoms with Crippen LogP contribution in [0.25, 0.3) is 0 Å². The van der Waals surface area contributed by atoms with Gasteiger partial charge in [-0.05, 0) is 43.3 Å². The predicted molar refractivity (Wildman–Crippen MR) is 86.6 cm³/mol. The largest absolute Gasteiger partial charge is 0.433 e. The molecular formula is C17H16F2N2O3. The summed E-state index contributed by atoms with van der Waals surface area (Å²) in [7, 11) is 0. The number of halogens is 2. The number of Topliss-reactive ketones (excluding diaryl/α,β-unsaturated/α-hetero) is 1. The molecule has 0 spiro atoms. The molecule has 5 nitrogen and oxygen atoms in total. The van der Waals surface area contributed by atoms with E-state index in [1.165, 1.54) is 19.1 Å². The Morgan fingerprint density at radius 3 is 2.38 bits per heavy atom. The van der Waals surface area contributed by atoms with E-state index in [9.17, 15) is 18.4 Å². The molecule has 0 aliphatic rings. The molecule has 0 heterocycles. The fourth-order valence-electron chi connectivity index (χ4n) is 1.98. The molecule has 0 radical (unpaired) electrons. The van der Waals surface area contributed by atoms with Crippen LogP contribution >= 0.6 is 0 Å². The Bertz CT molecular complexity index is 718. The molecule has 0 saturated carbocycles. The highest BCUT2D eigenvalue weighted by molar-refractivity contribution is 5.96. The molecule has 126 valence electrons. The predicted octanol–water partition coefficient (Wildman–Crippen LogP) is 3.54. The lowest BCUT2D eigenvalue weighted by atomic mass is 10.1. The van der Waals surface area contributed by atoms with Crippen molar-refractivity contribution < 1.29 is 23.1 Å². The van der Waals surface area contributed by atoms with E-state index in [2.05, 4.69) is 15.4 Å². The topological polar surface area (TPSA) is 67.4 Å². The molecule has 0 aliphatic heterocycles. The van der Waals surface area contributed by atoms with Crippen molar-refractivity contribution in [1.29, 1.82) is 0 Å². The van der Waals surface area contributed by atoms with Crippen LogP contribution < -0.4 is 15.4 Å². The summed E-state index contributed by atoms with van der Waals surface area (Å²) < 4.78 is 29.0. The van der Waals surface area contributed by atoms with Gasteiger partial charge in [0, 0.05) is 11.3 Å². The normalized spacial score (nSPS) is 10.3. The Labute approximate surface area is 137 Å². The van der Waals surface area contributed by atoms with E-state index in [0.29, 0.717) is 16.9 Å². The summed E-state index contributed by atoms with van der Waals surface area (Å²) in [6.45, 7) is -1.62. The number of rotatable bonds is 7. The summed E-state index contributed by atoms with van der Waals surface area (Å²) in [5, 5.41) is 5.38. The number of nitrogens with one attached hydrogen (secondary N) is 2. The third-order valence-corrected chi connectivity index (χ3v) is 3.12. The minimum atomic E-state index is -2.94. The number of hydrogen-bond acceptors (Lipinski definition) is 4. The first-order chi connectivity index (χ1) is 11.5. The maximum Gasteiger partial charge on any atom is 0.387 e. The van der Waals surface area contributed by atoms with Crippen molar-refractivity contribution >= 4 is 23.1 Å². The number of carbonyl (C=O) groups is 2. The van der Waals surface area contributed by atoms with Gasteiger partial charge in [-0.2, -0.15) is 8.78 Å². The van der Waals surface area contributed by atoms with Crippen LogP contribution in [0.4, 0.5) is 20.2 Å². The number of ether oxygens (including phenoxy) is 1. The van der Waals surface area contributed by atoms with Gasteiger partial charge in [-0.25, -0.2) is 0 Å². The van der Waals surface area contributed by atoms with Crippen LogP contribution in [-0.4, -0.2) is 24.8 Å². The van der Waals surface area contributed by atoms with E-state index in [-0.39, 0.29) is 24.0 Å². The maximum atomic E-state index is 12.3. The van der Waals surface area contributed by atoms with E-state index in [0.717, 1.165) is 0 Å². The molecule has 0 fully saturated rings. The zero-order valence-electron chi connectivity index (χ0n) is 12.9. The van der Waals surface area contributed by atoms with Crippen LogP contribution in [0.1, 0.15) is 17.3 Å². The van der Waals surface area contributed by atoms with Crippen LogP contribution in [0.5, 0.6) is 5.75 Å². The van der Waals surface area contributed by atoms with E-state index in [4.69, 9.17) is 0 Å². The van der Waals surface area contributed by atoms with Crippen LogP contribution in [0.3, 0.4) is 0 Å². The number of anilines is 2. The number of para-hydroxylation sites is 2. The SMILES string of the molecule is CC(=O)c1ccc(NC(=O)CNc2ccccc2OC(F)F)cc1. The number of carbonyl (C=O) groups excluding carboxylic acids is 2. The highest BCUT2D eigenvalue weighted by atomic mass is 19.3. The standard InChI is InChI=1S/C17H16F2N2O3/c1-11(22)12-6-8-13(9-7-12)21-16(23)10-20-14-4-2-3-5-15(14)24-17(18)19/h2-9,17,20H,10H2,1H3,(H,21,23). The van der Waals surface area contributed by atoms with Crippen molar-refractivity contribution in [3.8, 4) is 5.75 Å². The molecule has 0 bridgehead atoms. The number of amides is 1. The Balaban J connectivity index is 1.92. The molecule has 0 saturated heterocycles. The molecule has 1 amide bonds. The first kappa shape index (κ1) is 17.4. The van der Waals surface area contributed by atoms with Crippen molar-refractivity contribution in [3.05, 3.63) is 54.1 Å². The minimum Gasteiger partial charge on any atom is -0.433 e. The molecule has 2 N–H and O–H groups in total. The van der Waals surface area contributed by atoms with Gasteiger partial charge < -0.3 is 15.4 Å². The monoisotopic (exact) mass is 334 g/mol. The first-order valence-corrected chi connectivity index (χ1v) is 7.14. The number of ketones is 1. The average molecular weight is 334 g/mol. The molecule has 0 atom stereocenters. The van der Waals surface area contributed by atoms with E-state index in [1.54, 1.807) is 36.4 Å². The Morgan fingerprint density at radius 2 is 1.75 bits per heavy atom. The summed E-state index contributed by atoms with van der Waals surface area (Å²) in [5.74, 6) is -0.464. The number of hydrogen-bond donors (Lipinski definition) is 2. The molecule has 0 unspecified atom stereocenters. The van der Waals surface area contributed by atoms with E-state index < -0.39 is 6.61 Å². The summed E-state index contributed by atoms with van der Waals surface area (Å²) >= 11 is 0. The zero-order valence-corrected chi connectivity index (χ0v) is 12.9. The van der Waals surface area contributed by atoms with Gasteiger partial charge in [0.1, 0.15) is 5.75 Å². The van der Waals surface area contributed by atoms with Gasteiger partial charge in [-0.3, -0.25) is 9.59 Å². The second-order valence-electron chi connectivity index (χ2n) is 4.91. The van der Waals surface area contributed by atoms with Gasteiger partial charge in [0.25, 0.3) is 0 Å².